The molecule has 1 nitrogen and oxygen atoms in total. The second-order valence-electron chi connectivity index (χ2n) is 2.44. The smallest absolute Gasteiger partial charge is 0.0365 e. The lowest BCUT2D eigenvalue weighted by molar-refractivity contribution is 0.797. The maximum atomic E-state index is 5.69. The van der Waals surface area contributed by atoms with Crippen LogP contribution in [0.5, 0.6) is 0 Å². The lowest BCUT2D eigenvalue weighted by Crippen LogP contribution is -2.21. The highest BCUT2D eigenvalue weighted by Crippen LogP contribution is 2.37. The molecule has 0 aromatic heterocycles. The molecular weight excluding hydrogens is 86.1 g/mol. The van der Waals surface area contributed by atoms with E-state index < -0.39 is 0 Å². The van der Waals surface area contributed by atoms with Gasteiger partial charge in [-0.3, -0.25) is 0 Å². The van der Waals surface area contributed by atoms with Crippen molar-refractivity contribution < 1.29 is 0 Å². The molecule has 0 atom stereocenters. The Hall–Kier alpha value is -0.300. The molecule has 1 aliphatic carbocycles. The highest BCUT2D eigenvalue weighted by Gasteiger charge is 2.38. The Balaban J connectivity index is 2.55. The molecule has 1 saturated carbocycles. The summed E-state index contributed by atoms with van der Waals surface area (Å²) in [5.41, 5.74) is 6.88. The highest BCUT2D eigenvalue weighted by atomic mass is 14.8. The van der Waals surface area contributed by atoms with Gasteiger partial charge in [-0.15, -0.1) is 0 Å². The van der Waals surface area contributed by atoms with Crippen molar-refractivity contribution in [3.8, 4) is 0 Å². The fourth-order valence-electron chi connectivity index (χ4n) is 0.561. The van der Waals surface area contributed by atoms with E-state index in [9.17, 15) is 0 Å². The van der Waals surface area contributed by atoms with Crippen molar-refractivity contribution in [3.63, 3.8) is 0 Å². The minimum Gasteiger partial charge on any atom is -0.322 e. The third kappa shape index (κ3) is 0.682. The largest absolute Gasteiger partial charge is 0.322 e. The fraction of sp³-hybridized carbons (Fsp3) is 0.667. The van der Waals surface area contributed by atoms with Crippen LogP contribution >= 0.6 is 0 Å². The van der Waals surface area contributed by atoms with E-state index in [0.29, 0.717) is 0 Å². The average molecular weight is 97.2 g/mol. The Morgan fingerprint density at radius 2 is 2.14 bits per heavy atom. The summed E-state index contributed by atoms with van der Waals surface area (Å²) in [5.74, 6) is 0. The normalized spacial score (nSPS) is 24.3. The van der Waals surface area contributed by atoms with Crippen LogP contribution in [-0.4, -0.2) is 5.54 Å². The van der Waals surface area contributed by atoms with Crippen molar-refractivity contribution in [1.82, 2.24) is 0 Å². The summed E-state index contributed by atoms with van der Waals surface area (Å²) in [6, 6.07) is 0. The fourth-order valence-corrected chi connectivity index (χ4v) is 0.561. The molecule has 0 aliphatic heterocycles. The van der Waals surface area contributed by atoms with Gasteiger partial charge in [-0.25, -0.2) is 0 Å². The molecule has 0 unspecified atom stereocenters. The molecule has 7 heavy (non-hydrogen) atoms. The summed E-state index contributed by atoms with van der Waals surface area (Å²) in [7, 11) is 0. The molecular formula is C6H11N. The van der Waals surface area contributed by atoms with Gasteiger partial charge in [0.2, 0.25) is 0 Å². The minimum absolute atomic E-state index is 0.0556. The van der Waals surface area contributed by atoms with Gasteiger partial charge in [0.25, 0.3) is 0 Å². The van der Waals surface area contributed by atoms with Crippen molar-refractivity contribution in [3.05, 3.63) is 12.2 Å². The zero-order chi connectivity index (χ0) is 5.49. The standard InChI is InChI=1S/C6H11N/c1-5(2)6(7)3-4-6/h1,3-4,7H2,2H3. The molecule has 0 spiro atoms. The lowest BCUT2D eigenvalue weighted by Gasteiger charge is -2.03. The molecule has 2 N–H and O–H groups in total. The molecule has 0 radical (unpaired) electrons. The third-order valence-electron chi connectivity index (χ3n) is 1.64. The Kier molecular flexibility index (Phi) is 0.762. The molecule has 1 fully saturated rings. The average Bonchev–Trinajstić information content (AvgIpc) is 2.21. The first-order chi connectivity index (χ1) is 3.15. The zero-order valence-electron chi connectivity index (χ0n) is 4.70. The van der Waals surface area contributed by atoms with Crippen molar-refractivity contribution in [1.29, 1.82) is 0 Å². The van der Waals surface area contributed by atoms with Gasteiger partial charge < -0.3 is 5.73 Å². The van der Waals surface area contributed by atoms with Crippen LogP contribution in [0.1, 0.15) is 19.8 Å². The molecule has 1 heteroatoms. The van der Waals surface area contributed by atoms with Crippen molar-refractivity contribution in [2.75, 3.05) is 0 Å². The van der Waals surface area contributed by atoms with Gasteiger partial charge in [-0.2, -0.15) is 0 Å². The first kappa shape index (κ1) is 4.85. The molecule has 1 rings (SSSR count). The van der Waals surface area contributed by atoms with Gasteiger partial charge in [0.1, 0.15) is 0 Å². The predicted octanol–water partition coefficient (Wildman–Crippen LogP) is 1.05. The lowest BCUT2D eigenvalue weighted by atomic mass is 10.1. The van der Waals surface area contributed by atoms with E-state index in [-0.39, 0.29) is 5.54 Å². The quantitative estimate of drug-likeness (QED) is 0.486. The van der Waals surface area contributed by atoms with E-state index in [1.165, 1.54) is 0 Å². The Labute approximate surface area is 44.2 Å². The summed E-state index contributed by atoms with van der Waals surface area (Å²) >= 11 is 0. The SMILES string of the molecule is C=C(C)C1(N)CC1. The van der Waals surface area contributed by atoms with Crippen LogP contribution in [0.15, 0.2) is 12.2 Å². The summed E-state index contributed by atoms with van der Waals surface area (Å²) in [6.45, 7) is 5.76. The highest BCUT2D eigenvalue weighted by molar-refractivity contribution is 5.21. The van der Waals surface area contributed by atoms with E-state index in [2.05, 4.69) is 6.58 Å². The molecule has 40 valence electrons. The number of nitrogens with two attached hydrogens (primary N) is 1. The van der Waals surface area contributed by atoms with Crippen LogP contribution < -0.4 is 5.73 Å². The van der Waals surface area contributed by atoms with Crippen LogP contribution in [0, 0.1) is 0 Å². The maximum absolute atomic E-state index is 5.69. The molecule has 0 amide bonds. The van der Waals surface area contributed by atoms with Crippen LogP contribution in [0.4, 0.5) is 0 Å². The van der Waals surface area contributed by atoms with Gasteiger partial charge in [0.05, 0.1) is 0 Å². The second kappa shape index (κ2) is 1.10. The van der Waals surface area contributed by atoms with Crippen LogP contribution in [0.2, 0.25) is 0 Å². The van der Waals surface area contributed by atoms with Crippen LogP contribution in [0.25, 0.3) is 0 Å². The van der Waals surface area contributed by atoms with Gasteiger partial charge in [0, 0.05) is 5.54 Å². The van der Waals surface area contributed by atoms with E-state index in [4.69, 9.17) is 5.73 Å². The number of rotatable bonds is 1. The Morgan fingerprint density at radius 3 is 2.14 bits per heavy atom. The zero-order valence-corrected chi connectivity index (χ0v) is 4.70. The van der Waals surface area contributed by atoms with Crippen LogP contribution in [-0.2, 0) is 0 Å². The van der Waals surface area contributed by atoms with Gasteiger partial charge in [-0.05, 0) is 19.8 Å². The van der Waals surface area contributed by atoms with Gasteiger partial charge in [0.15, 0.2) is 0 Å². The third-order valence-corrected chi connectivity index (χ3v) is 1.64. The van der Waals surface area contributed by atoms with Crippen molar-refractivity contribution in [2.24, 2.45) is 5.73 Å². The Morgan fingerprint density at radius 1 is 1.71 bits per heavy atom. The Bertz CT molecular complexity index is 101. The molecule has 1 aliphatic rings. The first-order valence-electron chi connectivity index (χ1n) is 2.60. The topological polar surface area (TPSA) is 26.0 Å². The molecule has 0 heterocycles. The summed E-state index contributed by atoms with van der Waals surface area (Å²) in [5, 5.41) is 0. The number of hydrogen-bond donors (Lipinski definition) is 1. The maximum Gasteiger partial charge on any atom is 0.0365 e. The van der Waals surface area contributed by atoms with E-state index >= 15 is 0 Å². The second-order valence-corrected chi connectivity index (χ2v) is 2.44. The minimum atomic E-state index is 0.0556. The summed E-state index contributed by atoms with van der Waals surface area (Å²) in [6.07, 6.45) is 2.28. The summed E-state index contributed by atoms with van der Waals surface area (Å²) < 4.78 is 0. The van der Waals surface area contributed by atoms with Gasteiger partial charge >= 0.3 is 0 Å². The van der Waals surface area contributed by atoms with Gasteiger partial charge in [-0.1, -0.05) is 12.2 Å². The predicted molar refractivity (Wildman–Crippen MR) is 31.0 cm³/mol. The molecule has 0 aromatic carbocycles. The van der Waals surface area contributed by atoms with E-state index in [1.54, 1.807) is 0 Å². The molecule has 0 bridgehead atoms. The van der Waals surface area contributed by atoms with Crippen molar-refractivity contribution >= 4 is 0 Å². The van der Waals surface area contributed by atoms with E-state index in [1.807, 2.05) is 6.92 Å². The van der Waals surface area contributed by atoms with E-state index in [0.717, 1.165) is 18.4 Å². The van der Waals surface area contributed by atoms with Crippen molar-refractivity contribution in [2.45, 2.75) is 25.3 Å². The first-order valence-corrected chi connectivity index (χ1v) is 2.60. The molecule has 0 saturated heterocycles. The monoisotopic (exact) mass is 97.1 g/mol. The summed E-state index contributed by atoms with van der Waals surface area (Å²) in [4.78, 5) is 0. The molecule has 0 aromatic rings. The number of hydrogen-bond acceptors (Lipinski definition) is 1. The van der Waals surface area contributed by atoms with Crippen LogP contribution in [0.3, 0.4) is 0 Å².